The first-order chi connectivity index (χ1) is 8.26. The lowest BCUT2D eigenvalue weighted by Gasteiger charge is -2.06. The summed E-state index contributed by atoms with van der Waals surface area (Å²) in [6.07, 6.45) is 1.45. The minimum absolute atomic E-state index is 0.222. The van der Waals surface area contributed by atoms with Gasteiger partial charge < -0.3 is 9.47 Å². The number of carbonyl (C=O) groups is 1. The van der Waals surface area contributed by atoms with Crippen molar-refractivity contribution < 1.29 is 14.3 Å². The third-order valence-electron chi connectivity index (χ3n) is 1.88. The number of carbonyl (C=O) groups excluding carboxylic acids is 1. The van der Waals surface area contributed by atoms with Crippen molar-refractivity contribution in [3.63, 3.8) is 0 Å². The van der Waals surface area contributed by atoms with Gasteiger partial charge >= 0.3 is 6.16 Å². The van der Waals surface area contributed by atoms with Gasteiger partial charge in [0, 0.05) is 0 Å². The first kappa shape index (κ1) is 12.8. The number of rotatable bonds is 4. The van der Waals surface area contributed by atoms with Gasteiger partial charge in [-0.3, -0.25) is 0 Å². The molecule has 0 amide bonds. The second kappa shape index (κ2) is 7.07. The van der Waals surface area contributed by atoms with Crippen LogP contribution in [0.4, 0.5) is 4.79 Å². The van der Waals surface area contributed by atoms with Crippen LogP contribution in [0.3, 0.4) is 0 Å². The average Bonchev–Trinajstić information content (AvgIpc) is 2.36. The third kappa shape index (κ3) is 4.85. The van der Waals surface area contributed by atoms with E-state index in [1.54, 1.807) is 13.0 Å². The fourth-order valence-electron chi connectivity index (χ4n) is 1.13. The summed E-state index contributed by atoms with van der Waals surface area (Å²) in [5.74, 6) is 0. The van der Waals surface area contributed by atoms with Crippen molar-refractivity contribution in [1.82, 2.24) is 0 Å². The van der Waals surface area contributed by atoms with E-state index in [1.807, 2.05) is 36.4 Å². The number of benzene rings is 1. The molecule has 1 rings (SSSR count). The molecule has 4 heteroatoms. The van der Waals surface area contributed by atoms with Crippen LogP contribution in [-0.4, -0.2) is 18.9 Å². The molecule has 0 fully saturated rings. The maximum Gasteiger partial charge on any atom is 0.509 e. The summed E-state index contributed by atoms with van der Waals surface area (Å²) in [5, 5.41) is 8.79. The molecule has 0 unspecified atom stereocenters. The van der Waals surface area contributed by atoms with E-state index in [9.17, 15) is 4.79 Å². The van der Waals surface area contributed by atoms with Crippen LogP contribution in [0.1, 0.15) is 12.5 Å². The lowest BCUT2D eigenvalue weighted by atomic mass is 10.2. The van der Waals surface area contributed by atoms with Gasteiger partial charge in [0.25, 0.3) is 0 Å². The van der Waals surface area contributed by atoms with Gasteiger partial charge in [0.2, 0.25) is 6.10 Å². The number of nitriles is 1. The largest absolute Gasteiger partial charge is 0.509 e. The molecular formula is C13H13NO3. The molecule has 0 bridgehead atoms. The van der Waals surface area contributed by atoms with Crippen LogP contribution >= 0.6 is 0 Å². The van der Waals surface area contributed by atoms with E-state index in [0.717, 1.165) is 5.56 Å². The number of nitrogens with zero attached hydrogens (tertiary/aromatic N) is 1. The summed E-state index contributed by atoms with van der Waals surface area (Å²) >= 11 is 0. The first-order valence-corrected chi connectivity index (χ1v) is 5.22. The van der Waals surface area contributed by atoms with Gasteiger partial charge in [0.15, 0.2) is 0 Å². The fraction of sp³-hybridized carbons (Fsp3) is 0.231. The van der Waals surface area contributed by atoms with Crippen LogP contribution in [0, 0.1) is 11.3 Å². The normalized spacial score (nSPS) is 11.8. The molecule has 0 aliphatic rings. The van der Waals surface area contributed by atoms with Gasteiger partial charge in [-0.05, 0) is 18.6 Å². The molecule has 0 radical (unpaired) electrons. The Labute approximate surface area is 100 Å². The molecule has 0 saturated carbocycles. The fourth-order valence-corrected chi connectivity index (χ4v) is 1.13. The highest BCUT2D eigenvalue weighted by atomic mass is 16.7. The quantitative estimate of drug-likeness (QED) is 0.747. The topological polar surface area (TPSA) is 59.3 Å². The van der Waals surface area contributed by atoms with Gasteiger partial charge in [-0.15, -0.1) is 0 Å². The van der Waals surface area contributed by atoms with E-state index in [4.69, 9.17) is 10.00 Å². The Bertz CT molecular complexity index is 420. The van der Waals surface area contributed by atoms with Crippen LogP contribution < -0.4 is 0 Å². The van der Waals surface area contributed by atoms with Crippen molar-refractivity contribution in [3.05, 3.63) is 42.0 Å². The molecule has 88 valence electrons. The summed E-state index contributed by atoms with van der Waals surface area (Å²) in [6, 6.07) is 11.3. The zero-order valence-electron chi connectivity index (χ0n) is 9.50. The van der Waals surface area contributed by atoms with Crippen molar-refractivity contribution in [3.8, 4) is 6.07 Å². The van der Waals surface area contributed by atoms with E-state index < -0.39 is 12.3 Å². The molecule has 1 aromatic rings. The van der Waals surface area contributed by atoms with E-state index in [-0.39, 0.29) is 6.61 Å². The molecule has 0 aromatic heterocycles. The maximum atomic E-state index is 11.0. The van der Waals surface area contributed by atoms with Gasteiger partial charge in [-0.25, -0.2) is 4.79 Å². The van der Waals surface area contributed by atoms with Crippen LogP contribution in [0.25, 0.3) is 6.08 Å². The SMILES string of the molecule is CCOC(=O)O[C@H](C#N)C=Cc1ccccc1. The monoisotopic (exact) mass is 231 g/mol. The Morgan fingerprint density at radius 2 is 2.18 bits per heavy atom. The maximum absolute atomic E-state index is 11.0. The van der Waals surface area contributed by atoms with Crippen LogP contribution in [0.2, 0.25) is 0 Å². The molecule has 1 aromatic carbocycles. The molecule has 0 aliphatic heterocycles. The smallest absolute Gasteiger partial charge is 0.435 e. The van der Waals surface area contributed by atoms with Crippen molar-refractivity contribution in [1.29, 1.82) is 5.26 Å². The molecule has 0 N–H and O–H groups in total. The Morgan fingerprint density at radius 1 is 1.47 bits per heavy atom. The van der Waals surface area contributed by atoms with Crippen LogP contribution in [-0.2, 0) is 9.47 Å². The summed E-state index contributed by atoms with van der Waals surface area (Å²) < 4.78 is 9.33. The molecule has 0 spiro atoms. The highest BCUT2D eigenvalue weighted by Gasteiger charge is 2.10. The van der Waals surface area contributed by atoms with Crippen molar-refractivity contribution in [2.24, 2.45) is 0 Å². The average molecular weight is 231 g/mol. The Balaban J connectivity index is 2.56. The van der Waals surface area contributed by atoms with E-state index in [0.29, 0.717) is 0 Å². The van der Waals surface area contributed by atoms with Crippen molar-refractivity contribution in [2.45, 2.75) is 13.0 Å². The van der Waals surface area contributed by atoms with Crippen LogP contribution in [0.5, 0.6) is 0 Å². The van der Waals surface area contributed by atoms with Gasteiger partial charge in [-0.2, -0.15) is 5.26 Å². The van der Waals surface area contributed by atoms with E-state index in [1.165, 1.54) is 6.08 Å². The second-order valence-electron chi connectivity index (χ2n) is 3.12. The zero-order chi connectivity index (χ0) is 12.5. The number of hydrogen-bond acceptors (Lipinski definition) is 4. The van der Waals surface area contributed by atoms with Crippen LogP contribution in [0.15, 0.2) is 36.4 Å². The molecule has 17 heavy (non-hydrogen) atoms. The first-order valence-electron chi connectivity index (χ1n) is 5.22. The summed E-state index contributed by atoms with van der Waals surface area (Å²) in [4.78, 5) is 11.0. The lowest BCUT2D eigenvalue weighted by Crippen LogP contribution is -2.15. The van der Waals surface area contributed by atoms with E-state index in [2.05, 4.69) is 4.74 Å². The molecular weight excluding hydrogens is 218 g/mol. The molecule has 0 heterocycles. The van der Waals surface area contributed by atoms with E-state index >= 15 is 0 Å². The number of ether oxygens (including phenoxy) is 2. The Hall–Kier alpha value is -2.28. The summed E-state index contributed by atoms with van der Waals surface area (Å²) in [7, 11) is 0. The Kier molecular flexibility index (Phi) is 5.32. The molecule has 0 saturated heterocycles. The van der Waals surface area contributed by atoms with Gasteiger partial charge in [-0.1, -0.05) is 36.4 Å². The highest BCUT2D eigenvalue weighted by Crippen LogP contribution is 2.04. The predicted molar refractivity (Wildman–Crippen MR) is 63.0 cm³/mol. The predicted octanol–water partition coefficient (Wildman–Crippen LogP) is 2.77. The number of hydrogen-bond donors (Lipinski definition) is 0. The summed E-state index contributed by atoms with van der Waals surface area (Å²) in [6.45, 7) is 1.89. The van der Waals surface area contributed by atoms with Gasteiger partial charge in [0.05, 0.1) is 6.61 Å². The highest BCUT2D eigenvalue weighted by molar-refractivity contribution is 5.61. The molecule has 1 atom stereocenters. The lowest BCUT2D eigenvalue weighted by molar-refractivity contribution is 0.0537. The summed E-state index contributed by atoms with van der Waals surface area (Å²) in [5.41, 5.74) is 0.931. The standard InChI is InChI=1S/C13H13NO3/c1-2-16-13(15)17-12(10-14)9-8-11-6-4-3-5-7-11/h3-9,12H,2H2,1H3/t12-/m0/s1. The van der Waals surface area contributed by atoms with Gasteiger partial charge in [0.1, 0.15) is 6.07 Å². The zero-order valence-corrected chi connectivity index (χ0v) is 9.50. The molecule has 0 aliphatic carbocycles. The minimum Gasteiger partial charge on any atom is -0.435 e. The molecule has 4 nitrogen and oxygen atoms in total. The van der Waals surface area contributed by atoms with Crippen molar-refractivity contribution >= 4 is 12.2 Å². The minimum atomic E-state index is -0.936. The third-order valence-corrected chi connectivity index (χ3v) is 1.88. The Morgan fingerprint density at radius 3 is 2.76 bits per heavy atom. The second-order valence-corrected chi connectivity index (χ2v) is 3.12. The van der Waals surface area contributed by atoms with Crippen molar-refractivity contribution in [2.75, 3.05) is 6.61 Å².